The maximum atomic E-state index is 2.59. The Balaban J connectivity index is 3.02. The van der Waals surface area contributed by atoms with Crippen LogP contribution in [-0.4, -0.2) is 24.0 Å². The molecule has 19 heavy (non-hydrogen) atoms. The van der Waals surface area contributed by atoms with Crippen LogP contribution >= 0.6 is 0 Å². The fourth-order valence-corrected chi connectivity index (χ4v) is 4.37. The van der Waals surface area contributed by atoms with Crippen molar-refractivity contribution in [1.82, 2.24) is 4.90 Å². The molecule has 1 nitrogen and oxygen atoms in total. The van der Waals surface area contributed by atoms with Gasteiger partial charge in [-0.25, -0.2) is 0 Å². The highest BCUT2D eigenvalue weighted by Crippen LogP contribution is 2.45. The van der Waals surface area contributed by atoms with Crippen LogP contribution in [0, 0.1) is 16.2 Å². The van der Waals surface area contributed by atoms with Gasteiger partial charge < -0.3 is 4.90 Å². The lowest BCUT2D eigenvalue weighted by molar-refractivity contribution is 0.0218. The van der Waals surface area contributed by atoms with Crippen LogP contribution in [0.1, 0.15) is 81.1 Å². The first-order valence-corrected chi connectivity index (χ1v) is 7.96. The van der Waals surface area contributed by atoms with E-state index in [0.29, 0.717) is 21.8 Å². The minimum atomic E-state index is 0.294. The van der Waals surface area contributed by atoms with Gasteiger partial charge in [-0.15, -0.1) is 0 Å². The topological polar surface area (TPSA) is 3.24 Å². The zero-order chi connectivity index (χ0) is 15.1. The first-order valence-electron chi connectivity index (χ1n) is 7.96. The summed E-state index contributed by atoms with van der Waals surface area (Å²) < 4.78 is 0. The van der Waals surface area contributed by atoms with E-state index in [4.69, 9.17) is 0 Å². The Morgan fingerprint density at radius 2 is 1.05 bits per heavy atom. The van der Waals surface area contributed by atoms with E-state index in [1.54, 1.807) is 0 Å². The smallest absolute Gasteiger partial charge is 0.0155 e. The van der Waals surface area contributed by atoms with Gasteiger partial charge in [0.15, 0.2) is 0 Å². The maximum absolute atomic E-state index is 2.59. The highest BCUT2D eigenvalue weighted by atomic mass is 15.2. The Morgan fingerprint density at radius 1 is 0.632 bits per heavy atom. The third-order valence-corrected chi connectivity index (χ3v) is 5.05. The molecule has 114 valence electrons. The summed E-state index contributed by atoms with van der Waals surface area (Å²) in [5.74, 6) is 0. The maximum Gasteiger partial charge on any atom is 0.0155 e. The quantitative estimate of drug-likeness (QED) is 0.572. The van der Waals surface area contributed by atoms with E-state index in [-0.39, 0.29) is 0 Å². The van der Waals surface area contributed by atoms with E-state index in [9.17, 15) is 0 Å². The first-order chi connectivity index (χ1) is 8.25. The van der Waals surface area contributed by atoms with Crippen molar-refractivity contribution in [3.8, 4) is 0 Å². The molecule has 1 rings (SSSR count). The van der Waals surface area contributed by atoms with Crippen LogP contribution in [0.3, 0.4) is 0 Å². The third-order valence-electron chi connectivity index (χ3n) is 5.05. The number of hydrogen-bond acceptors (Lipinski definition) is 1. The van der Waals surface area contributed by atoms with Crippen molar-refractivity contribution in [2.24, 2.45) is 16.2 Å². The van der Waals surface area contributed by atoms with Gasteiger partial charge in [0.25, 0.3) is 0 Å². The van der Waals surface area contributed by atoms with Gasteiger partial charge in [-0.1, -0.05) is 41.5 Å². The summed E-state index contributed by atoms with van der Waals surface area (Å²) in [4.78, 5) is 2.59. The molecule has 0 spiro atoms. The molecular weight excluding hydrogens is 230 g/mol. The molecule has 1 fully saturated rings. The van der Waals surface area contributed by atoms with Crippen LogP contribution in [-0.2, 0) is 0 Å². The largest absolute Gasteiger partial charge is 0.301 e. The zero-order valence-electron chi connectivity index (χ0n) is 15.0. The van der Waals surface area contributed by atoms with Crippen LogP contribution in [0.15, 0.2) is 0 Å². The lowest BCUT2D eigenvalue weighted by atomic mass is 9.66. The summed E-state index contributed by atoms with van der Waals surface area (Å²) in [5.41, 5.74) is 1.60. The predicted molar refractivity (Wildman–Crippen MR) is 86.5 cm³/mol. The summed E-state index contributed by atoms with van der Waals surface area (Å²) in [5, 5.41) is 0. The van der Waals surface area contributed by atoms with Gasteiger partial charge in [0, 0.05) is 12.1 Å². The van der Waals surface area contributed by atoms with Gasteiger partial charge in [0.05, 0.1) is 0 Å². The molecule has 0 aromatic rings. The van der Waals surface area contributed by atoms with Crippen LogP contribution in [0.5, 0.6) is 0 Å². The highest BCUT2D eigenvalue weighted by molar-refractivity contribution is 4.92. The minimum Gasteiger partial charge on any atom is -0.301 e. The SMILES string of the molecule is CN1CC(C)(C)CC(C)(C)CCC(C)(C)CC1(C)C. The molecule has 1 saturated heterocycles. The van der Waals surface area contributed by atoms with E-state index >= 15 is 0 Å². The first kappa shape index (κ1) is 17.0. The van der Waals surface area contributed by atoms with E-state index in [2.05, 4.69) is 67.3 Å². The Labute approximate surface area is 122 Å². The van der Waals surface area contributed by atoms with Crippen LogP contribution in [0.4, 0.5) is 0 Å². The molecule has 1 aliphatic rings. The fraction of sp³-hybridized carbons (Fsp3) is 1.00. The summed E-state index contributed by atoms with van der Waals surface area (Å²) >= 11 is 0. The Kier molecular flexibility index (Phi) is 4.53. The molecule has 0 radical (unpaired) electrons. The second-order valence-corrected chi connectivity index (χ2v) is 10.0. The van der Waals surface area contributed by atoms with Crippen molar-refractivity contribution < 1.29 is 0 Å². The Morgan fingerprint density at radius 3 is 1.53 bits per heavy atom. The number of hydrogen-bond donors (Lipinski definition) is 0. The summed E-state index contributed by atoms with van der Waals surface area (Å²) in [6, 6.07) is 0. The standard InChI is InChI=1S/C18H37N/c1-15(2)10-11-16(3,4)13-18(7,8)19(9)14-17(5,6)12-15/h10-14H2,1-9H3. The summed E-state index contributed by atoms with van der Waals surface area (Å²) in [7, 11) is 2.31. The minimum absolute atomic E-state index is 0.294. The summed E-state index contributed by atoms with van der Waals surface area (Å²) in [6.07, 6.45) is 5.29. The molecule has 0 aliphatic carbocycles. The van der Waals surface area contributed by atoms with Crippen LogP contribution in [0.25, 0.3) is 0 Å². The average molecular weight is 268 g/mol. The van der Waals surface area contributed by atoms with Gasteiger partial charge in [-0.2, -0.15) is 0 Å². The van der Waals surface area contributed by atoms with E-state index in [0.717, 1.165) is 0 Å². The molecule has 0 saturated carbocycles. The zero-order valence-corrected chi connectivity index (χ0v) is 15.0. The molecule has 0 N–H and O–H groups in total. The summed E-state index contributed by atoms with van der Waals surface area (Å²) in [6.45, 7) is 20.7. The van der Waals surface area contributed by atoms with Crippen molar-refractivity contribution in [2.75, 3.05) is 13.6 Å². The molecule has 0 bridgehead atoms. The van der Waals surface area contributed by atoms with Gasteiger partial charge in [0.1, 0.15) is 0 Å². The molecule has 0 amide bonds. The van der Waals surface area contributed by atoms with Gasteiger partial charge in [0.2, 0.25) is 0 Å². The van der Waals surface area contributed by atoms with Crippen LogP contribution in [0.2, 0.25) is 0 Å². The normalized spacial score (nSPS) is 30.8. The molecule has 1 heteroatoms. The van der Waals surface area contributed by atoms with Crippen molar-refractivity contribution in [1.29, 1.82) is 0 Å². The number of nitrogens with zero attached hydrogens (tertiary/aromatic N) is 1. The molecule has 0 aromatic carbocycles. The number of rotatable bonds is 0. The van der Waals surface area contributed by atoms with Gasteiger partial charge in [-0.3, -0.25) is 0 Å². The Hall–Kier alpha value is -0.0400. The van der Waals surface area contributed by atoms with E-state index < -0.39 is 0 Å². The second-order valence-electron chi connectivity index (χ2n) is 10.0. The van der Waals surface area contributed by atoms with E-state index in [1.165, 1.54) is 32.2 Å². The molecular formula is C18H37N. The van der Waals surface area contributed by atoms with Crippen molar-refractivity contribution in [2.45, 2.75) is 86.6 Å². The molecule has 0 unspecified atom stereocenters. The predicted octanol–water partition coefficient (Wildman–Crippen LogP) is 5.35. The second kappa shape index (κ2) is 5.06. The third kappa shape index (κ3) is 5.10. The van der Waals surface area contributed by atoms with Crippen molar-refractivity contribution >= 4 is 0 Å². The van der Waals surface area contributed by atoms with Gasteiger partial charge >= 0.3 is 0 Å². The molecule has 0 aromatic heterocycles. The van der Waals surface area contributed by atoms with Crippen molar-refractivity contribution in [3.63, 3.8) is 0 Å². The monoisotopic (exact) mass is 267 g/mol. The highest BCUT2D eigenvalue weighted by Gasteiger charge is 2.39. The average Bonchev–Trinajstić information content (AvgIpc) is 2.09. The van der Waals surface area contributed by atoms with Crippen LogP contribution < -0.4 is 0 Å². The molecule has 1 aliphatic heterocycles. The van der Waals surface area contributed by atoms with Gasteiger partial charge in [-0.05, 0) is 62.8 Å². The fourth-order valence-electron chi connectivity index (χ4n) is 4.37. The lowest BCUT2D eigenvalue weighted by Gasteiger charge is -2.48. The Bertz CT molecular complexity index is 310. The molecule has 1 heterocycles. The lowest BCUT2D eigenvalue weighted by Crippen LogP contribution is -2.49. The van der Waals surface area contributed by atoms with Crippen molar-refractivity contribution in [3.05, 3.63) is 0 Å². The molecule has 0 atom stereocenters. The van der Waals surface area contributed by atoms with E-state index in [1.807, 2.05) is 0 Å².